The van der Waals surface area contributed by atoms with Gasteiger partial charge in [-0.1, -0.05) is 62.5 Å². The van der Waals surface area contributed by atoms with Crippen LogP contribution in [0.15, 0.2) is 91.2 Å². The van der Waals surface area contributed by atoms with Crippen LogP contribution in [0.25, 0.3) is 16.8 Å². The van der Waals surface area contributed by atoms with Crippen molar-refractivity contribution in [1.29, 1.82) is 0 Å². The van der Waals surface area contributed by atoms with Gasteiger partial charge in [0.2, 0.25) is 0 Å². The number of carbonyl (C=O) groups is 1. The van der Waals surface area contributed by atoms with Gasteiger partial charge in [-0.2, -0.15) is 0 Å². The molecule has 1 aliphatic rings. The highest BCUT2D eigenvalue weighted by atomic mass is 19.1. The van der Waals surface area contributed by atoms with E-state index in [1.165, 1.54) is 12.1 Å². The molecule has 5 heteroatoms. The van der Waals surface area contributed by atoms with E-state index in [-0.39, 0.29) is 17.6 Å². The van der Waals surface area contributed by atoms with Crippen LogP contribution < -0.4 is 5.32 Å². The summed E-state index contributed by atoms with van der Waals surface area (Å²) in [6.45, 7) is 12.2. The summed E-state index contributed by atoms with van der Waals surface area (Å²) in [5.41, 5.74) is 5.62. The minimum Gasteiger partial charge on any atom is -0.393 e. The quantitative estimate of drug-likeness (QED) is 0.172. The number of amides is 1. The number of nitrogens with zero attached hydrogens (tertiary/aromatic N) is 1. The number of terminal acetylenes is 1. The molecule has 2 N–H and O–H groups in total. The Bertz CT molecular complexity index is 1330. The summed E-state index contributed by atoms with van der Waals surface area (Å²) >= 11 is 0. The number of benzene rings is 1. The van der Waals surface area contributed by atoms with Crippen molar-refractivity contribution < 1.29 is 14.3 Å². The van der Waals surface area contributed by atoms with Crippen molar-refractivity contribution in [3.8, 4) is 24.1 Å². The van der Waals surface area contributed by atoms with Crippen molar-refractivity contribution in [2.45, 2.75) is 65.5 Å². The average Bonchev–Trinajstić information content (AvgIpc) is 3.06. The van der Waals surface area contributed by atoms with Gasteiger partial charge < -0.3 is 15.0 Å². The lowest BCUT2D eigenvalue weighted by molar-refractivity contribution is 0.0964. The molecule has 0 saturated carbocycles. The van der Waals surface area contributed by atoms with Gasteiger partial charge in [-0.25, -0.2) is 4.39 Å². The normalized spacial score (nSPS) is 13.9. The second-order valence-corrected chi connectivity index (χ2v) is 9.78. The molecule has 0 spiro atoms. The number of nitrogens with one attached hydrogen (secondary N) is 1. The van der Waals surface area contributed by atoms with Gasteiger partial charge in [0.25, 0.3) is 5.91 Å². The number of carbonyl (C=O) groups excluding carboxylic acids is 1. The molecule has 1 aromatic heterocycles. The molecule has 210 valence electrons. The molecule has 0 unspecified atom stereocenters. The highest BCUT2D eigenvalue weighted by Gasteiger charge is 2.31. The largest absolute Gasteiger partial charge is 0.393 e. The molecule has 0 bridgehead atoms. The van der Waals surface area contributed by atoms with Crippen LogP contribution in [0.1, 0.15) is 74.5 Å². The molecule has 0 radical (unpaired) electrons. The van der Waals surface area contributed by atoms with Crippen LogP contribution in [-0.4, -0.2) is 21.7 Å². The third-order valence-electron chi connectivity index (χ3n) is 6.45. The Balaban J connectivity index is 0.00000274. The van der Waals surface area contributed by atoms with Crippen LogP contribution in [-0.2, 0) is 6.54 Å². The summed E-state index contributed by atoms with van der Waals surface area (Å²) in [5.74, 6) is -0.504. The van der Waals surface area contributed by atoms with Crippen LogP contribution in [0.5, 0.6) is 0 Å². The molecular weight excluding hydrogens is 499 g/mol. The van der Waals surface area contributed by atoms with E-state index in [9.17, 15) is 14.3 Å². The Hall–Kier alpha value is -4.14. The fraction of sp³-hybridized carbons (Fsp3) is 0.286. The molecule has 0 fully saturated rings. The zero-order chi connectivity index (χ0) is 29.7. The first-order valence-electron chi connectivity index (χ1n) is 13.6. The third-order valence-corrected chi connectivity index (χ3v) is 6.45. The fourth-order valence-corrected chi connectivity index (χ4v) is 4.77. The Morgan fingerprint density at radius 1 is 1.23 bits per heavy atom. The zero-order valence-corrected chi connectivity index (χ0v) is 24.0. The fourth-order valence-electron chi connectivity index (χ4n) is 4.77. The van der Waals surface area contributed by atoms with Crippen molar-refractivity contribution in [3.63, 3.8) is 0 Å². The van der Waals surface area contributed by atoms with Gasteiger partial charge in [0, 0.05) is 23.5 Å². The maximum absolute atomic E-state index is 14.0. The lowest BCUT2D eigenvalue weighted by Gasteiger charge is -2.19. The Labute approximate surface area is 239 Å². The molecule has 40 heavy (non-hydrogen) atoms. The number of rotatable bonds is 11. The Morgan fingerprint density at radius 2 is 1.93 bits per heavy atom. The van der Waals surface area contributed by atoms with Gasteiger partial charge in [0.05, 0.1) is 17.4 Å². The van der Waals surface area contributed by atoms with Crippen LogP contribution in [0.4, 0.5) is 4.39 Å². The van der Waals surface area contributed by atoms with E-state index in [4.69, 9.17) is 0 Å². The summed E-state index contributed by atoms with van der Waals surface area (Å²) in [6, 6.07) is 6.40. The van der Waals surface area contributed by atoms with E-state index in [1.807, 2.05) is 50.3 Å². The Kier molecular flexibility index (Phi) is 12.9. The second kappa shape index (κ2) is 16.1. The number of aliphatic hydroxyl groups excluding tert-OH is 1. The summed E-state index contributed by atoms with van der Waals surface area (Å²) < 4.78 is 16.1. The molecule has 4 nitrogen and oxygen atoms in total. The third kappa shape index (κ3) is 8.18. The number of hydrogen-bond acceptors (Lipinski definition) is 2. The van der Waals surface area contributed by atoms with E-state index in [0.29, 0.717) is 24.9 Å². The SMILES string of the molecule is C#C.C=CC[C@H](O)CCn1c(-c2ccc(F)cc2)c(C2=CCC=CC=C2)c(C(=O)N/C(C)=C/C=C\C)c1C(C)C. The van der Waals surface area contributed by atoms with Crippen molar-refractivity contribution in [2.75, 3.05) is 0 Å². The van der Waals surface area contributed by atoms with E-state index in [0.717, 1.165) is 40.2 Å². The lowest BCUT2D eigenvalue weighted by atomic mass is 9.93. The minimum absolute atomic E-state index is 0.00792. The minimum atomic E-state index is -0.552. The molecule has 1 aliphatic carbocycles. The first-order chi connectivity index (χ1) is 19.3. The molecule has 0 saturated heterocycles. The van der Waals surface area contributed by atoms with Crippen molar-refractivity contribution >= 4 is 11.5 Å². The second-order valence-electron chi connectivity index (χ2n) is 9.78. The lowest BCUT2D eigenvalue weighted by Crippen LogP contribution is -2.24. The topological polar surface area (TPSA) is 54.3 Å². The maximum Gasteiger partial charge on any atom is 0.257 e. The molecule has 1 heterocycles. The number of allylic oxidation sites excluding steroid dienone is 10. The smallest absolute Gasteiger partial charge is 0.257 e. The van der Waals surface area contributed by atoms with Crippen LogP contribution in [0, 0.1) is 18.7 Å². The van der Waals surface area contributed by atoms with Crippen molar-refractivity contribution in [2.24, 2.45) is 0 Å². The summed E-state index contributed by atoms with van der Waals surface area (Å²) in [6.07, 6.45) is 26.7. The van der Waals surface area contributed by atoms with Crippen LogP contribution >= 0.6 is 0 Å². The summed E-state index contributed by atoms with van der Waals surface area (Å²) in [4.78, 5) is 14.0. The monoisotopic (exact) mass is 540 g/mol. The van der Waals surface area contributed by atoms with E-state index in [2.05, 4.69) is 55.3 Å². The predicted octanol–water partition coefficient (Wildman–Crippen LogP) is 8.10. The molecule has 1 amide bonds. The number of halogens is 1. The average molecular weight is 541 g/mol. The number of aliphatic hydroxyl groups is 1. The van der Waals surface area contributed by atoms with Crippen LogP contribution in [0.2, 0.25) is 0 Å². The molecule has 3 rings (SSSR count). The van der Waals surface area contributed by atoms with Gasteiger partial charge in [-0.3, -0.25) is 4.79 Å². The highest BCUT2D eigenvalue weighted by Crippen LogP contribution is 2.41. The van der Waals surface area contributed by atoms with Gasteiger partial charge in [0.15, 0.2) is 0 Å². The summed E-state index contributed by atoms with van der Waals surface area (Å²) in [7, 11) is 0. The molecular formula is C35H41FN2O2. The van der Waals surface area contributed by atoms with Gasteiger partial charge in [-0.15, -0.1) is 19.4 Å². The van der Waals surface area contributed by atoms with E-state index in [1.54, 1.807) is 18.2 Å². The standard InChI is InChI=1S/C33H39FN2O2.C2H2/c1-6-8-14-24(5)35-33(38)30-29(25-15-11-9-10-12-16-25)32(26-17-19-27(34)20-18-26)36(31(30)23(3)4)22-21-28(37)13-7-2;1-2/h6-11,14-20,23,28,37H,2,12-13,21-22H2,1,3-5H3,(H,35,38);1-2H/b8-6-,24-14+;/t28-;/m0./s1. The zero-order valence-electron chi connectivity index (χ0n) is 24.0. The molecule has 0 aliphatic heterocycles. The highest BCUT2D eigenvalue weighted by molar-refractivity contribution is 6.06. The van der Waals surface area contributed by atoms with Gasteiger partial charge in [-0.05, 0) is 80.5 Å². The van der Waals surface area contributed by atoms with Crippen molar-refractivity contribution in [1.82, 2.24) is 9.88 Å². The predicted molar refractivity (Wildman–Crippen MR) is 166 cm³/mol. The number of aromatic nitrogens is 1. The van der Waals surface area contributed by atoms with E-state index >= 15 is 0 Å². The maximum atomic E-state index is 14.0. The summed E-state index contributed by atoms with van der Waals surface area (Å²) in [5, 5.41) is 13.6. The first kappa shape index (κ1) is 32.1. The van der Waals surface area contributed by atoms with E-state index < -0.39 is 6.10 Å². The van der Waals surface area contributed by atoms with Gasteiger partial charge in [0.1, 0.15) is 5.82 Å². The van der Waals surface area contributed by atoms with Crippen LogP contribution in [0.3, 0.4) is 0 Å². The molecule has 1 atom stereocenters. The van der Waals surface area contributed by atoms with Gasteiger partial charge >= 0.3 is 0 Å². The Morgan fingerprint density at radius 3 is 2.55 bits per heavy atom. The number of hydrogen-bond donors (Lipinski definition) is 2. The first-order valence-corrected chi connectivity index (χ1v) is 13.6. The molecule has 2 aromatic rings. The van der Waals surface area contributed by atoms with Crippen molar-refractivity contribution in [3.05, 3.63) is 114 Å². The molecule has 1 aromatic carbocycles.